The molecule has 0 atom stereocenters. The summed E-state index contributed by atoms with van der Waals surface area (Å²) in [6.45, 7) is 7.13. The van der Waals surface area contributed by atoms with Crippen LogP contribution in [0.4, 0.5) is 0 Å². The van der Waals surface area contributed by atoms with Crippen LogP contribution in [0.3, 0.4) is 0 Å². The van der Waals surface area contributed by atoms with Gasteiger partial charge in [-0.05, 0) is 25.5 Å². The summed E-state index contributed by atoms with van der Waals surface area (Å²) in [5.41, 5.74) is 1.45. The lowest BCUT2D eigenvalue weighted by atomic mass is 10.2. The Balaban J connectivity index is 3.17. The molecule has 3 heteroatoms. The minimum absolute atomic E-state index is 0.0256. The Morgan fingerprint density at radius 1 is 1.36 bits per heavy atom. The molecule has 0 aromatic heterocycles. The molecular weight excluding hydrogens is 196 g/mol. The van der Waals surface area contributed by atoms with Gasteiger partial charge in [-0.25, -0.2) is 8.42 Å². The highest BCUT2D eigenvalue weighted by Crippen LogP contribution is 2.17. The molecule has 76 valence electrons. The van der Waals surface area contributed by atoms with Crippen LogP contribution in [0, 0.1) is 6.92 Å². The molecule has 0 saturated carbocycles. The average Bonchev–Trinajstić information content (AvgIpc) is 2.02. The molecule has 0 unspecified atom stereocenters. The van der Waals surface area contributed by atoms with Crippen molar-refractivity contribution in [2.24, 2.45) is 0 Å². The van der Waals surface area contributed by atoms with Crippen LogP contribution < -0.4 is 0 Å². The first-order valence-corrected chi connectivity index (χ1v) is 6.01. The third-order valence-electron chi connectivity index (χ3n) is 1.87. The van der Waals surface area contributed by atoms with E-state index in [1.54, 1.807) is 32.0 Å². The van der Waals surface area contributed by atoms with Crippen LogP contribution in [0.15, 0.2) is 41.3 Å². The maximum absolute atomic E-state index is 11.8. The maximum Gasteiger partial charge on any atom is 0.182 e. The highest BCUT2D eigenvalue weighted by molar-refractivity contribution is 7.91. The highest BCUT2D eigenvalue weighted by atomic mass is 32.2. The number of aryl methyl sites for hydroxylation is 1. The van der Waals surface area contributed by atoms with Gasteiger partial charge in [0.2, 0.25) is 0 Å². The van der Waals surface area contributed by atoms with E-state index >= 15 is 0 Å². The normalized spacial score (nSPS) is 11.3. The first-order valence-electron chi connectivity index (χ1n) is 4.36. The van der Waals surface area contributed by atoms with Crippen LogP contribution in [-0.2, 0) is 9.84 Å². The third-order valence-corrected chi connectivity index (χ3v) is 3.87. The van der Waals surface area contributed by atoms with E-state index in [0.717, 1.165) is 5.56 Å². The Morgan fingerprint density at radius 3 is 2.43 bits per heavy atom. The lowest BCUT2D eigenvalue weighted by Crippen LogP contribution is -2.08. The molecule has 0 heterocycles. The molecule has 0 amide bonds. The Morgan fingerprint density at radius 2 is 1.93 bits per heavy atom. The van der Waals surface area contributed by atoms with Gasteiger partial charge in [-0.3, -0.25) is 0 Å². The van der Waals surface area contributed by atoms with Crippen molar-refractivity contribution >= 4 is 9.84 Å². The molecule has 2 nitrogen and oxygen atoms in total. The minimum atomic E-state index is -3.19. The topological polar surface area (TPSA) is 34.1 Å². The van der Waals surface area contributed by atoms with E-state index in [4.69, 9.17) is 0 Å². The summed E-state index contributed by atoms with van der Waals surface area (Å²) in [6.07, 6.45) is 0. The Kier molecular flexibility index (Phi) is 3.11. The van der Waals surface area contributed by atoms with Crippen molar-refractivity contribution in [2.75, 3.05) is 5.75 Å². The first-order chi connectivity index (χ1) is 6.43. The maximum atomic E-state index is 11.8. The van der Waals surface area contributed by atoms with E-state index in [2.05, 4.69) is 6.58 Å². The molecule has 0 saturated heterocycles. The minimum Gasteiger partial charge on any atom is -0.223 e. The van der Waals surface area contributed by atoms with Crippen LogP contribution >= 0.6 is 0 Å². The van der Waals surface area contributed by atoms with Gasteiger partial charge in [0.1, 0.15) is 0 Å². The van der Waals surface area contributed by atoms with Crippen molar-refractivity contribution in [1.82, 2.24) is 0 Å². The van der Waals surface area contributed by atoms with Gasteiger partial charge in [0.15, 0.2) is 9.84 Å². The van der Waals surface area contributed by atoms with E-state index in [1.165, 1.54) is 0 Å². The van der Waals surface area contributed by atoms with E-state index in [0.29, 0.717) is 10.5 Å². The largest absolute Gasteiger partial charge is 0.223 e. The molecule has 14 heavy (non-hydrogen) atoms. The second-order valence-corrected chi connectivity index (χ2v) is 5.44. The second-order valence-electron chi connectivity index (χ2n) is 3.48. The molecule has 1 aromatic rings. The van der Waals surface area contributed by atoms with Gasteiger partial charge in [-0.15, -0.1) is 0 Å². The Hall–Kier alpha value is -1.09. The molecule has 0 N–H and O–H groups in total. The number of rotatable bonds is 3. The zero-order chi connectivity index (χ0) is 10.8. The fraction of sp³-hybridized carbons (Fsp3) is 0.273. The van der Waals surface area contributed by atoms with Crippen molar-refractivity contribution in [3.63, 3.8) is 0 Å². The molecule has 0 aliphatic heterocycles. The van der Waals surface area contributed by atoms with E-state index in [-0.39, 0.29) is 5.75 Å². The summed E-state index contributed by atoms with van der Waals surface area (Å²) < 4.78 is 23.6. The van der Waals surface area contributed by atoms with Crippen molar-refractivity contribution in [3.05, 3.63) is 42.0 Å². The van der Waals surface area contributed by atoms with Gasteiger partial charge in [0, 0.05) is 0 Å². The third kappa shape index (κ3) is 2.45. The lowest BCUT2D eigenvalue weighted by Gasteiger charge is -2.06. The summed E-state index contributed by atoms with van der Waals surface area (Å²) in [4.78, 5) is 0.406. The van der Waals surface area contributed by atoms with Crippen molar-refractivity contribution < 1.29 is 8.42 Å². The summed E-state index contributed by atoms with van der Waals surface area (Å²) in [5, 5.41) is 0. The molecule has 0 spiro atoms. The number of benzene rings is 1. The SMILES string of the molecule is C=C(C)CS(=O)(=O)c1ccccc1C. The molecule has 0 aliphatic rings. The fourth-order valence-electron chi connectivity index (χ4n) is 1.31. The predicted octanol–water partition coefficient (Wildman–Crippen LogP) is 2.34. The van der Waals surface area contributed by atoms with Crippen LogP contribution in [0.5, 0.6) is 0 Å². The zero-order valence-electron chi connectivity index (χ0n) is 8.45. The quantitative estimate of drug-likeness (QED) is 0.718. The molecule has 0 bridgehead atoms. The Labute approximate surface area is 85.2 Å². The molecule has 0 fully saturated rings. The second kappa shape index (κ2) is 3.96. The van der Waals surface area contributed by atoms with Crippen LogP contribution in [0.1, 0.15) is 12.5 Å². The van der Waals surface area contributed by atoms with Gasteiger partial charge in [-0.1, -0.05) is 30.4 Å². The van der Waals surface area contributed by atoms with E-state index in [1.807, 2.05) is 6.07 Å². The van der Waals surface area contributed by atoms with Crippen LogP contribution in [0.2, 0.25) is 0 Å². The number of hydrogen-bond acceptors (Lipinski definition) is 2. The van der Waals surface area contributed by atoms with Gasteiger partial charge in [-0.2, -0.15) is 0 Å². The summed E-state index contributed by atoms with van der Waals surface area (Å²) in [7, 11) is -3.19. The van der Waals surface area contributed by atoms with Gasteiger partial charge < -0.3 is 0 Å². The predicted molar refractivity (Wildman–Crippen MR) is 58.0 cm³/mol. The van der Waals surface area contributed by atoms with E-state index in [9.17, 15) is 8.42 Å². The first kappa shape index (κ1) is 11.0. The number of hydrogen-bond donors (Lipinski definition) is 0. The van der Waals surface area contributed by atoms with Gasteiger partial charge in [0.25, 0.3) is 0 Å². The summed E-state index contributed by atoms with van der Waals surface area (Å²) in [6, 6.07) is 6.99. The van der Waals surface area contributed by atoms with Gasteiger partial charge >= 0.3 is 0 Å². The van der Waals surface area contributed by atoms with Gasteiger partial charge in [0.05, 0.1) is 10.6 Å². The zero-order valence-corrected chi connectivity index (χ0v) is 9.26. The lowest BCUT2D eigenvalue weighted by molar-refractivity contribution is 0.597. The standard InChI is InChI=1S/C11H14O2S/c1-9(2)8-14(12,13)11-7-5-4-6-10(11)3/h4-7H,1,8H2,2-3H3. The summed E-state index contributed by atoms with van der Waals surface area (Å²) in [5.74, 6) is 0.0256. The van der Waals surface area contributed by atoms with Crippen molar-refractivity contribution in [3.8, 4) is 0 Å². The summed E-state index contributed by atoms with van der Waals surface area (Å²) >= 11 is 0. The van der Waals surface area contributed by atoms with Crippen LogP contribution in [-0.4, -0.2) is 14.2 Å². The molecule has 1 rings (SSSR count). The van der Waals surface area contributed by atoms with Crippen molar-refractivity contribution in [2.45, 2.75) is 18.7 Å². The van der Waals surface area contributed by atoms with Crippen molar-refractivity contribution in [1.29, 1.82) is 0 Å². The molecule has 1 aromatic carbocycles. The monoisotopic (exact) mass is 210 g/mol. The highest BCUT2D eigenvalue weighted by Gasteiger charge is 2.15. The van der Waals surface area contributed by atoms with E-state index < -0.39 is 9.84 Å². The smallest absolute Gasteiger partial charge is 0.182 e. The average molecular weight is 210 g/mol. The molecule has 0 aliphatic carbocycles. The molecule has 0 radical (unpaired) electrons. The Bertz CT molecular complexity index is 444. The van der Waals surface area contributed by atoms with Crippen LogP contribution in [0.25, 0.3) is 0 Å². The number of sulfone groups is 1. The fourth-order valence-corrected chi connectivity index (χ4v) is 2.96. The molecular formula is C11H14O2S.